The van der Waals surface area contributed by atoms with Gasteiger partial charge in [0.05, 0.1) is 23.9 Å². The lowest BCUT2D eigenvalue weighted by Gasteiger charge is -2.39. The molecule has 2 amide bonds. The predicted octanol–water partition coefficient (Wildman–Crippen LogP) is 8.63. The van der Waals surface area contributed by atoms with Gasteiger partial charge < -0.3 is 50.0 Å². The summed E-state index contributed by atoms with van der Waals surface area (Å²) >= 11 is 0. The van der Waals surface area contributed by atoms with Crippen LogP contribution in [-0.4, -0.2) is 111 Å². The van der Waals surface area contributed by atoms with Crippen LogP contribution in [0.1, 0.15) is 139 Å². The maximum absolute atomic E-state index is 13.0. The third kappa shape index (κ3) is 11.4. The SMILES string of the molecule is CC(C)(NC(=O)C1[C@H]2CNC[C@@H]12)C1CCOc2ccccc21.CC(C)(NC(=O)C1[C@H]2CNC[C@@H]12)c1ncc2n1CCCC2.Cc1cccn2c(C(C)(C)CC(=O)C3[C@H]4CNC[C@@H]34)ccc12.Cc1cccn2c(C(C)(CC(=O)C3[C@H]4CNC[C@@H]34)C3CC3)ncc12. The van der Waals surface area contributed by atoms with Gasteiger partial charge in [-0.05, 0) is 233 Å². The number of nitrogens with zero attached hydrogens (tertiary/aromatic N) is 5. The van der Waals surface area contributed by atoms with E-state index in [1.54, 1.807) is 0 Å². The molecule has 9 fully saturated rings. The predicted molar refractivity (Wildman–Crippen MR) is 346 cm³/mol. The first-order chi connectivity index (χ1) is 42.7. The lowest BCUT2D eigenvalue weighted by molar-refractivity contribution is -0.125. The van der Waals surface area contributed by atoms with Crippen LogP contribution in [0.4, 0.5) is 0 Å². The monoisotopic (exact) mass is 1210 g/mol. The number of carbonyl (C=O) groups is 4. The summed E-state index contributed by atoms with van der Waals surface area (Å²) in [5.41, 5.74) is 7.81. The van der Waals surface area contributed by atoms with E-state index in [-0.39, 0.29) is 40.0 Å². The fraction of sp³-hybridized carbons (Fsp3) is 0.616. The molecule has 89 heavy (non-hydrogen) atoms. The maximum Gasteiger partial charge on any atom is 0.224 e. The van der Waals surface area contributed by atoms with Crippen molar-refractivity contribution >= 4 is 34.4 Å². The average molecular weight is 1210 g/mol. The summed E-state index contributed by atoms with van der Waals surface area (Å²) in [5, 5.41) is 20.0. The van der Waals surface area contributed by atoms with Crippen LogP contribution < -0.4 is 36.6 Å². The largest absolute Gasteiger partial charge is 0.493 e. The second kappa shape index (κ2) is 23.2. The number of fused-ring (bicyclic) bond motifs is 8. The Kier molecular flexibility index (Phi) is 15.7. The van der Waals surface area contributed by atoms with Crippen LogP contribution in [-0.2, 0) is 48.5 Å². The summed E-state index contributed by atoms with van der Waals surface area (Å²) in [7, 11) is 0. The number of imidazole rings is 2. The molecule has 0 radical (unpaired) electrons. The van der Waals surface area contributed by atoms with E-state index in [1.165, 1.54) is 64.8 Å². The van der Waals surface area contributed by atoms with Crippen molar-refractivity contribution in [3.63, 3.8) is 0 Å². The molecule has 11 heterocycles. The molecule has 16 heteroatoms. The van der Waals surface area contributed by atoms with Crippen LogP contribution in [0.5, 0.6) is 5.75 Å². The maximum atomic E-state index is 13.0. The van der Waals surface area contributed by atoms with Crippen LogP contribution in [0.25, 0.3) is 11.0 Å². The number of aryl methyl sites for hydroxylation is 3. The molecule has 11 aliphatic rings. The van der Waals surface area contributed by atoms with E-state index in [0.717, 1.165) is 95.7 Å². The van der Waals surface area contributed by atoms with Gasteiger partial charge in [-0.25, -0.2) is 9.97 Å². The van der Waals surface area contributed by atoms with Crippen LogP contribution >= 0.6 is 0 Å². The zero-order valence-corrected chi connectivity index (χ0v) is 54.2. The Morgan fingerprint density at radius 3 is 1.72 bits per heavy atom. The van der Waals surface area contributed by atoms with Gasteiger partial charge in [0.25, 0.3) is 0 Å². The van der Waals surface area contributed by atoms with Crippen molar-refractivity contribution < 1.29 is 23.9 Å². The first-order valence-electron chi connectivity index (χ1n) is 34.0. The number of ether oxygens (including phenoxy) is 1. The van der Waals surface area contributed by atoms with E-state index >= 15 is 0 Å². The topological polar surface area (TPSA) is 189 Å². The minimum Gasteiger partial charge on any atom is -0.493 e. The minimum atomic E-state index is -0.392. The number of nitrogens with one attached hydrogen (secondary N) is 6. The standard InChI is InChI=1S/C20H25N3O.C19H24N2O.C18H24N2O2.C16H24N4O/c1-12-4-3-7-23-16(12)11-22-19(23)20(2,13-5-6-13)8-17(24)18-14-9-21-10-15(14)18;1-12-5-4-8-21-15(12)6-7-17(21)19(2,3)9-16(22)18-13-10-20-11-14(13)18;1-18(2,20-17(21)16-12-9-19-10-13(12)16)14-7-8-22-15-6-4-3-5-11(14)15;1-16(2,15-18-7-10-5-3-4-6-20(10)15)19-14(21)13-11-8-17-9-12(11)13/h3-4,7,11,13-15,18,21H,5-6,8-10H2,1-2H3;4-8,13-14,18,20H,9-11H2,1-3H3;3-6,12-14,16,19H,7-10H2,1-2H3,(H,20,21);7,11-13,17H,3-6,8-9H2,1-2H3,(H,19,21)/t14-,15+,18?,20?;13-,14+,18?;12-,13+,14?,16?;11-,12+,13?. The summed E-state index contributed by atoms with van der Waals surface area (Å²) in [4.78, 5) is 60.2. The molecular formula is C73H97N11O5. The highest BCUT2D eigenvalue weighted by atomic mass is 16.5. The van der Waals surface area contributed by atoms with Gasteiger partial charge in [0.2, 0.25) is 11.8 Å². The number of para-hydroxylation sites is 1. The summed E-state index contributed by atoms with van der Waals surface area (Å²) in [6, 6.07) is 21.0. The number of carbonyl (C=O) groups excluding carboxylic acids is 4. The van der Waals surface area contributed by atoms with Gasteiger partial charge in [-0.3, -0.25) is 19.2 Å². The van der Waals surface area contributed by atoms with Gasteiger partial charge in [-0.1, -0.05) is 51.1 Å². The Labute approximate surface area is 526 Å². The van der Waals surface area contributed by atoms with Gasteiger partial charge in [-0.2, -0.15) is 0 Å². The normalized spacial score (nSPS) is 30.4. The zero-order chi connectivity index (χ0) is 61.9. The second-order valence-corrected chi connectivity index (χ2v) is 30.8. The van der Waals surface area contributed by atoms with Crippen molar-refractivity contribution in [3.8, 4) is 5.75 Å². The molecule has 0 spiro atoms. The number of ketones is 2. The molecule has 6 aromatic rings. The molecule has 17 rings (SSSR count). The molecule has 0 bridgehead atoms. The van der Waals surface area contributed by atoms with Crippen molar-refractivity contribution in [3.05, 3.63) is 125 Å². The Bertz CT molecular complexity index is 3640. The first-order valence-corrected chi connectivity index (χ1v) is 34.0. The van der Waals surface area contributed by atoms with Crippen molar-refractivity contribution in [1.82, 2.24) is 55.2 Å². The number of piperidine rings is 4. The molecule has 6 aliphatic heterocycles. The summed E-state index contributed by atoms with van der Waals surface area (Å²) in [6.07, 6.45) is 16.4. The number of aromatic nitrogens is 5. The zero-order valence-electron chi connectivity index (χ0n) is 54.2. The van der Waals surface area contributed by atoms with E-state index in [4.69, 9.17) is 9.72 Å². The van der Waals surface area contributed by atoms with E-state index in [0.29, 0.717) is 95.4 Å². The van der Waals surface area contributed by atoms with Gasteiger partial charge in [0.15, 0.2) is 0 Å². The van der Waals surface area contributed by atoms with Crippen LogP contribution in [0, 0.1) is 90.8 Å². The number of amides is 2. The molecule has 5 aromatic heterocycles. The number of Topliss-reactive ketones (excluding diaryl/α,β-unsaturated/α-hetero) is 2. The minimum absolute atomic E-state index is 0.123. The quantitative estimate of drug-likeness (QED) is 0.0578. The average Bonchev–Trinajstić information content (AvgIpc) is 2.30. The molecule has 4 saturated heterocycles. The molecule has 14 atom stereocenters. The number of hydrogen-bond donors (Lipinski definition) is 6. The molecule has 5 saturated carbocycles. The van der Waals surface area contributed by atoms with E-state index in [2.05, 4.69) is 173 Å². The molecule has 6 N–H and O–H groups in total. The summed E-state index contributed by atoms with van der Waals surface area (Å²) in [5.74, 6) is 11.2. The first kappa shape index (κ1) is 60.4. The fourth-order valence-corrected chi connectivity index (χ4v) is 18.0. The summed E-state index contributed by atoms with van der Waals surface area (Å²) in [6.45, 7) is 29.3. The lowest BCUT2D eigenvalue weighted by Crippen LogP contribution is -2.50. The molecule has 16 nitrogen and oxygen atoms in total. The third-order valence-electron chi connectivity index (χ3n) is 23.5. The van der Waals surface area contributed by atoms with Crippen LogP contribution in [0.15, 0.2) is 85.5 Å². The molecule has 474 valence electrons. The lowest BCUT2D eigenvalue weighted by atomic mass is 9.78. The number of pyridine rings is 2. The Morgan fingerprint density at radius 2 is 1.11 bits per heavy atom. The Hall–Kier alpha value is -6.20. The fourth-order valence-electron chi connectivity index (χ4n) is 18.0. The Morgan fingerprint density at radius 1 is 0.573 bits per heavy atom. The van der Waals surface area contributed by atoms with Crippen LogP contribution in [0.3, 0.4) is 0 Å². The number of hydrogen-bond acceptors (Lipinski definition) is 11. The van der Waals surface area contributed by atoms with Gasteiger partial charge in [-0.15, -0.1) is 0 Å². The second-order valence-electron chi connectivity index (χ2n) is 30.8. The van der Waals surface area contributed by atoms with Gasteiger partial charge in [0, 0.05) is 101 Å². The van der Waals surface area contributed by atoms with Crippen molar-refractivity contribution in [2.75, 3.05) is 59.0 Å². The highest BCUT2D eigenvalue weighted by Crippen LogP contribution is 2.56. The third-order valence-corrected chi connectivity index (χ3v) is 23.5. The van der Waals surface area contributed by atoms with Gasteiger partial charge in [0.1, 0.15) is 29.0 Å². The van der Waals surface area contributed by atoms with E-state index in [1.807, 2.05) is 24.5 Å². The smallest absolute Gasteiger partial charge is 0.224 e. The Balaban J connectivity index is 0.000000104. The van der Waals surface area contributed by atoms with Gasteiger partial charge >= 0.3 is 0 Å². The number of rotatable bonds is 15. The molecule has 1 aromatic carbocycles. The highest BCUT2D eigenvalue weighted by molar-refractivity contribution is 5.87. The highest BCUT2D eigenvalue weighted by Gasteiger charge is 2.61. The molecule has 6 unspecified atom stereocenters. The summed E-state index contributed by atoms with van der Waals surface area (Å²) < 4.78 is 12.5. The molecule has 5 aliphatic carbocycles. The van der Waals surface area contributed by atoms with E-state index in [9.17, 15) is 19.2 Å². The van der Waals surface area contributed by atoms with Crippen LogP contribution in [0.2, 0.25) is 0 Å². The van der Waals surface area contributed by atoms with Crippen molar-refractivity contribution in [2.45, 2.75) is 148 Å². The van der Waals surface area contributed by atoms with Crippen molar-refractivity contribution in [2.24, 2.45) is 76.9 Å². The molecular weight excluding hydrogens is 1110 g/mol. The van der Waals surface area contributed by atoms with Crippen molar-refractivity contribution in [1.29, 1.82) is 0 Å². The number of benzene rings is 1. The van der Waals surface area contributed by atoms with E-state index < -0.39 is 5.54 Å².